The molecule has 2 N–H and O–H groups in total. The largest absolute Gasteiger partial charge is 0.503 e. The smallest absolute Gasteiger partial charge is 0.225 e. The van der Waals surface area contributed by atoms with Crippen LogP contribution in [0.2, 0.25) is 5.28 Å². The predicted molar refractivity (Wildman–Crippen MR) is 72.2 cm³/mol. The molecule has 3 rings (SSSR count). The Morgan fingerprint density at radius 1 is 1.30 bits per heavy atom. The second-order valence-corrected chi connectivity index (χ2v) is 4.40. The summed E-state index contributed by atoms with van der Waals surface area (Å²) in [5.41, 5.74) is 0.0620. The first-order valence-electron chi connectivity index (χ1n) is 5.76. The molecular weight excluding hydrogens is 285 g/mol. The third-order valence-corrected chi connectivity index (χ3v) is 2.94. The fourth-order valence-corrected chi connectivity index (χ4v) is 2.02. The molecule has 0 unspecified atom stereocenters. The van der Waals surface area contributed by atoms with Crippen molar-refractivity contribution in [2.45, 2.75) is 6.54 Å². The second-order valence-electron chi connectivity index (χ2n) is 4.07. The van der Waals surface area contributed by atoms with Gasteiger partial charge in [-0.25, -0.2) is 14.4 Å². The quantitative estimate of drug-likeness (QED) is 0.725. The molecule has 3 aromatic rings. The average molecular weight is 294 g/mol. The molecule has 0 atom stereocenters. The van der Waals surface area contributed by atoms with Gasteiger partial charge in [0, 0.05) is 5.39 Å². The maximum Gasteiger partial charge on any atom is 0.225 e. The Morgan fingerprint density at radius 3 is 2.90 bits per heavy atom. The monoisotopic (exact) mass is 293 g/mol. The number of hydrogen-bond donors (Lipinski definition) is 2. The molecule has 0 bridgehead atoms. The van der Waals surface area contributed by atoms with Crippen molar-refractivity contribution in [2.75, 3.05) is 5.32 Å². The van der Waals surface area contributed by atoms with Crippen LogP contribution in [-0.4, -0.2) is 15.1 Å². The molecule has 5 nitrogen and oxygen atoms in total. The van der Waals surface area contributed by atoms with Gasteiger partial charge in [0.25, 0.3) is 0 Å². The molecule has 0 saturated heterocycles. The summed E-state index contributed by atoms with van der Waals surface area (Å²) in [6.45, 7) is 0.383. The van der Waals surface area contributed by atoms with Crippen LogP contribution in [0, 0.1) is 5.82 Å². The number of nitrogens with zero attached hydrogens (tertiary/aromatic N) is 2. The van der Waals surface area contributed by atoms with Crippen molar-refractivity contribution in [2.24, 2.45) is 0 Å². The number of halogens is 2. The van der Waals surface area contributed by atoms with Gasteiger partial charge in [-0.15, -0.1) is 0 Å². The maximum absolute atomic E-state index is 13.3. The fourth-order valence-electron chi connectivity index (χ4n) is 1.85. The van der Waals surface area contributed by atoms with Crippen LogP contribution in [-0.2, 0) is 6.54 Å². The number of fused-ring (bicyclic) bond motifs is 1. The Balaban J connectivity index is 2.03. The Morgan fingerprint density at radius 2 is 2.15 bits per heavy atom. The Kier molecular flexibility index (Phi) is 3.15. The Bertz CT molecular complexity index is 762. The zero-order chi connectivity index (χ0) is 14.1. The SMILES string of the molecule is Oc1c(F)ccc2c(NCc3ccco3)nc(Cl)nc12. The molecule has 2 heterocycles. The summed E-state index contributed by atoms with van der Waals surface area (Å²) < 4.78 is 18.5. The van der Waals surface area contributed by atoms with Gasteiger partial charge in [0.2, 0.25) is 5.28 Å². The van der Waals surface area contributed by atoms with Crippen LogP contribution < -0.4 is 5.32 Å². The summed E-state index contributed by atoms with van der Waals surface area (Å²) >= 11 is 5.79. The summed E-state index contributed by atoms with van der Waals surface area (Å²) in [5, 5.41) is 13.1. The van der Waals surface area contributed by atoms with E-state index in [0.717, 1.165) is 6.07 Å². The van der Waals surface area contributed by atoms with E-state index in [1.165, 1.54) is 6.07 Å². The van der Waals surface area contributed by atoms with Gasteiger partial charge in [0.05, 0.1) is 12.8 Å². The molecule has 7 heteroatoms. The molecule has 0 aliphatic heterocycles. The first kappa shape index (κ1) is 12.7. The number of aromatic nitrogens is 2. The number of hydrogen-bond acceptors (Lipinski definition) is 5. The molecule has 0 fully saturated rings. The minimum Gasteiger partial charge on any atom is -0.503 e. The molecule has 20 heavy (non-hydrogen) atoms. The number of aromatic hydroxyl groups is 1. The number of nitrogens with one attached hydrogen (secondary N) is 1. The summed E-state index contributed by atoms with van der Waals surface area (Å²) in [5.74, 6) is -0.206. The lowest BCUT2D eigenvalue weighted by Crippen LogP contribution is -2.02. The van der Waals surface area contributed by atoms with Crippen LogP contribution in [0.5, 0.6) is 5.75 Å². The lowest BCUT2D eigenvalue weighted by atomic mass is 10.2. The highest BCUT2D eigenvalue weighted by atomic mass is 35.5. The van der Waals surface area contributed by atoms with E-state index in [-0.39, 0.29) is 10.8 Å². The van der Waals surface area contributed by atoms with E-state index in [9.17, 15) is 9.50 Å². The van der Waals surface area contributed by atoms with E-state index >= 15 is 0 Å². The van der Waals surface area contributed by atoms with Gasteiger partial charge < -0.3 is 14.8 Å². The molecule has 0 radical (unpaired) electrons. The first-order chi connectivity index (χ1) is 9.65. The summed E-state index contributed by atoms with van der Waals surface area (Å²) in [4.78, 5) is 7.88. The molecular formula is C13H9ClFN3O2. The van der Waals surface area contributed by atoms with Crippen molar-refractivity contribution in [1.82, 2.24) is 9.97 Å². The van der Waals surface area contributed by atoms with E-state index in [1.54, 1.807) is 18.4 Å². The third-order valence-electron chi connectivity index (χ3n) is 2.78. The number of phenols is 1. The first-order valence-corrected chi connectivity index (χ1v) is 6.14. The van der Waals surface area contributed by atoms with Crippen LogP contribution in [0.4, 0.5) is 10.2 Å². The maximum atomic E-state index is 13.3. The highest BCUT2D eigenvalue weighted by molar-refractivity contribution is 6.29. The van der Waals surface area contributed by atoms with Crippen LogP contribution in [0.15, 0.2) is 34.9 Å². The molecule has 0 aliphatic rings. The van der Waals surface area contributed by atoms with E-state index in [4.69, 9.17) is 16.0 Å². The van der Waals surface area contributed by atoms with Crippen molar-refractivity contribution in [3.63, 3.8) is 0 Å². The van der Waals surface area contributed by atoms with E-state index in [2.05, 4.69) is 15.3 Å². The molecule has 2 aromatic heterocycles. The minimum atomic E-state index is -0.760. The van der Waals surface area contributed by atoms with Crippen molar-refractivity contribution in [1.29, 1.82) is 0 Å². The molecule has 0 aliphatic carbocycles. The number of anilines is 1. The lowest BCUT2D eigenvalue weighted by molar-refractivity contribution is 0.437. The number of rotatable bonds is 3. The highest BCUT2D eigenvalue weighted by Crippen LogP contribution is 2.31. The van der Waals surface area contributed by atoms with Crippen LogP contribution >= 0.6 is 11.6 Å². The topological polar surface area (TPSA) is 71.2 Å². The predicted octanol–water partition coefficient (Wildman–Crippen LogP) is 3.33. The molecule has 0 amide bonds. The van der Waals surface area contributed by atoms with Gasteiger partial charge in [-0.3, -0.25) is 0 Å². The van der Waals surface area contributed by atoms with Crippen LogP contribution in [0.25, 0.3) is 10.9 Å². The molecule has 1 aromatic carbocycles. The van der Waals surface area contributed by atoms with Gasteiger partial charge in [-0.2, -0.15) is 0 Å². The van der Waals surface area contributed by atoms with E-state index in [0.29, 0.717) is 23.5 Å². The minimum absolute atomic E-state index is 0.0620. The van der Waals surface area contributed by atoms with Crippen molar-refractivity contribution in [3.8, 4) is 5.75 Å². The van der Waals surface area contributed by atoms with E-state index in [1.807, 2.05) is 0 Å². The summed E-state index contributed by atoms with van der Waals surface area (Å²) in [6.07, 6.45) is 1.56. The van der Waals surface area contributed by atoms with Crippen LogP contribution in [0.1, 0.15) is 5.76 Å². The third kappa shape index (κ3) is 2.25. The zero-order valence-electron chi connectivity index (χ0n) is 10.1. The van der Waals surface area contributed by atoms with Gasteiger partial charge in [0.1, 0.15) is 17.1 Å². The van der Waals surface area contributed by atoms with Gasteiger partial charge in [-0.1, -0.05) is 0 Å². The molecule has 0 saturated carbocycles. The van der Waals surface area contributed by atoms with Gasteiger partial charge in [-0.05, 0) is 35.9 Å². The summed E-state index contributed by atoms with van der Waals surface area (Å²) in [7, 11) is 0. The normalized spacial score (nSPS) is 10.9. The van der Waals surface area contributed by atoms with E-state index < -0.39 is 11.6 Å². The number of benzene rings is 1. The van der Waals surface area contributed by atoms with Gasteiger partial charge >= 0.3 is 0 Å². The Labute approximate surface area is 118 Å². The van der Waals surface area contributed by atoms with Crippen molar-refractivity contribution >= 4 is 28.3 Å². The fraction of sp³-hybridized carbons (Fsp3) is 0.0769. The summed E-state index contributed by atoms with van der Waals surface area (Å²) in [6, 6.07) is 6.19. The number of furan rings is 1. The Hall–Kier alpha value is -2.34. The molecule has 0 spiro atoms. The second kappa shape index (κ2) is 4.97. The highest BCUT2D eigenvalue weighted by Gasteiger charge is 2.13. The molecule has 102 valence electrons. The van der Waals surface area contributed by atoms with Gasteiger partial charge in [0.15, 0.2) is 11.6 Å². The standard InChI is InChI=1S/C13H9ClFN3O2/c14-13-17-10-8(3-4-9(15)11(10)19)12(18-13)16-6-7-2-1-5-20-7/h1-5,19H,6H2,(H,16,17,18). The lowest BCUT2D eigenvalue weighted by Gasteiger charge is -2.09. The van der Waals surface area contributed by atoms with Crippen molar-refractivity contribution < 1.29 is 13.9 Å². The van der Waals surface area contributed by atoms with Crippen molar-refractivity contribution in [3.05, 3.63) is 47.4 Å². The van der Waals surface area contributed by atoms with Crippen LogP contribution in [0.3, 0.4) is 0 Å². The zero-order valence-corrected chi connectivity index (χ0v) is 10.9. The number of phenolic OH excluding ortho intramolecular Hbond substituents is 1. The average Bonchev–Trinajstić information content (AvgIpc) is 2.94.